The normalized spacial score (nSPS) is 16.7. The van der Waals surface area contributed by atoms with E-state index in [0.29, 0.717) is 13.2 Å². The number of sulfonamides is 1. The van der Waals surface area contributed by atoms with Gasteiger partial charge in [-0.25, -0.2) is 18.1 Å². The average Bonchev–Trinajstić information content (AvgIpc) is 2.99. The van der Waals surface area contributed by atoms with Crippen LogP contribution in [0.4, 0.5) is 0 Å². The molecule has 1 heterocycles. The number of nitrogens with one attached hydrogen (secondary N) is 2. The number of guanidine groups is 1. The van der Waals surface area contributed by atoms with Gasteiger partial charge in [-0.05, 0) is 36.5 Å². The second kappa shape index (κ2) is 11.3. The fourth-order valence-electron chi connectivity index (χ4n) is 3.06. The standard InChI is InChI=1S/C19H32N4O3S.HI/c1-5-20-18(23-11-9-19(2,3)15-23)21-14-16-7-6-8-17(13-16)27(24,25)22-10-12-26-4;/h6-8,13,22H,5,9-12,14-15H2,1-4H3,(H,20,21);1H. The first kappa shape index (κ1) is 25.1. The van der Waals surface area contributed by atoms with Crippen molar-refractivity contribution in [1.82, 2.24) is 14.9 Å². The Morgan fingerprint density at radius 1 is 1.36 bits per heavy atom. The molecule has 9 heteroatoms. The van der Waals surface area contributed by atoms with Gasteiger partial charge in [-0.2, -0.15) is 0 Å². The molecule has 0 radical (unpaired) electrons. The van der Waals surface area contributed by atoms with E-state index in [9.17, 15) is 8.42 Å². The van der Waals surface area contributed by atoms with Gasteiger partial charge in [-0.1, -0.05) is 26.0 Å². The minimum atomic E-state index is -3.54. The molecule has 2 N–H and O–H groups in total. The third kappa shape index (κ3) is 7.49. The maximum atomic E-state index is 12.4. The summed E-state index contributed by atoms with van der Waals surface area (Å²) < 4.78 is 32.1. The summed E-state index contributed by atoms with van der Waals surface area (Å²) in [4.78, 5) is 7.25. The van der Waals surface area contributed by atoms with E-state index >= 15 is 0 Å². The Bertz CT molecular complexity index is 753. The molecule has 1 aliphatic heterocycles. The van der Waals surface area contributed by atoms with Crippen LogP contribution in [0.25, 0.3) is 0 Å². The van der Waals surface area contributed by atoms with Gasteiger partial charge in [0.15, 0.2) is 5.96 Å². The van der Waals surface area contributed by atoms with E-state index < -0.39 is 10.0 Å². The monoisotopic (exact) mass is 524 g/mol. The fourth-order valence-corrected chi connectivity index (χ4v) is 4.14. The van der Waals surface area contributed by atoms with Gasteiger partial charge in [0.05, 0.1) is 18.0 Å². The lowest BCUT2D eigenvalue weighted by molar-refractivity contribution is 0.204. The molecule has 2 rings (SSSR count). The molecule has 1 saturated heterocycles. The number of hydrogen-bond acceptors (Lipinski definition) is 4. The topological polar surface area (TPSA) is 83.0 Å². The predicted molar refractivity (Wildman–Crippen MR) is 124 cm³/mol. The summed E-state index contributed by atoms with van der Waals surface area (Å²) in [6.45, 7) is 10.3. The summed E-state index contributed by atoms with van der Waals surface area (Å²) in [6, 6.07) is 6.92. The second-order valence-corrected chi connectivity index (χ2v) is 9.31. The molecule has 0 spiro atoms. The van der Waals surface area contributed by atoms with Crippen molar-refractivity contribution in [3.63, 3.8) is 0 Å². The van der Waals surface area contributed by atoms with Crippen LogP contribution in [0.2, 0.25) is 0 Å². The van der Waals surface area contributed by atoms with E-state index in [1.54, 1.807) is 18.2 Å². The van der Waals surface area contributed by atoms with Gasteiger partial charge in [0.1, 0.15) is 0 Å². The minimum Gasteiger partial charge on any atom is -0.383 e. The lowest BCUT2D eigenvalue weighted by Gasteiger charge is -2.23. The van der Waals surface area contributed by atoms with Gasteiger partial charge < -0.3 is 15.0 Å². The second-order valence-electron chi connectivity index (χ2n) is 7.54. The van der Waals surface area contributed by atoms with Crippen LogP contribution in [0.15, 0.2) is 34.2 Å². The lowest BCUT2D eigenvalue weighted by Crippen LogP contribution is -2.40. The predicted octanol–water partition coefficient (Wildman–Crippen LogP) is 2.43. The summed E-state index contributed by atoms with van der Waals surface area (Å²) in [7, 11) is -2.00. The fraction of sp³-hybridized carbons (Fsp3) is 0.632. The van der Waals surface area contributed by atoms with Crippen molar-refractivity contribution in [2.45, 2.75) is 38.6 Å². The molecule has 1 aliphatic rings. The number of likely N-dealkylation sites (tertiary alicyclic amines) is 1. The first-order chi connectivity index (χ1) is 12.8. The van der Waals surface area contributed by atoms with Crippen LogP contribution in [0.5, 0.6) is 0 Å². The maximum Gasteiger partial charge on any atom is 0.240 e. The minimum absolute atomic E-state index is 0. The highest BCUT2D eigenvalue weighted by Gasteiger charge is 2.30. The van der Waals surface area contributed by atoms with Crippen molar-refractivity contribution in [2.75, 3.05) is 39.9 Å². The summed E-state index contributed by atoms with van der Waals surface area (Å²) in [5, 5.41) is 3.34. The quantitative estimate of drug-likeness (QED) is 0.236. The molecule has 0 atom stereocenters. The smallest absolute Gasteiger partial charge is 0.240 e. The van der Waals surface area contributed by atoms with Crippen molar-refractivity contribution >= 4 is 40.0 Å². The molecule has 0 saturated carbocycles. The SMILES string of the molecule is CCNC(=NCc1cccc(S(=O)(=O)NCCOC)c1)N1CCC(C)(C)C1.I. The Morgan fingerprint density at radius 3 is 2.71 bits per heavy atom. The molecule has 1 aromatic rings. The van der Waals surface area contributed by atoms with Crippen LogP contribution in [0, 0.1) is 5.41 Å². The largest absolute Gasteiger partial charge is 0.383 e. The van der Waals surface area contributed by atoms with Crippen molar-refractivity contribution < 1.29 is 13.2 Å². The number of benzene rings is 1. The zero-order valence-electron chi connectivity index (χ0n) is 17.2. The molecule has 1 fully saturated rings. The molecular weight excluding hydrogens is 491 g/mol. The molecule has 7 nitrogen and oxygen atoms in total. The van der Waals surface area contributed by atoms with Gasteiger partial charge in [-0.15, -0.1) is 24.0 Å². The number of nitrogens with zero attached hydrogens (tertiary/aromatic N) is 2. The third-order valence-electron chi connectivity index (χ3n) is 4.53. The van der Waals surface area contributed by atoms with Crippen LogP contribution in [0.1, 0.15) is 32.8 Å². The Balaban J connectivity index is 0.00000392. The van der Waals surface area contributed by atoms with Crippen molar-refractivity contribution in [3.05, 3.63) is 29.8 Å². The van der Waals surface area contributed by atoms with Gasteiger partial charge in [0.2, 0.25) is 10.0 Å². The molecule has 0 amide bonds. The molecule has 0 unspecified atom stereocenters. The van der Waals surface area contributed by atoms with Gasteiger partial charge in [-0.3, -0.25) is 0 Å². The number of aliphatic imine (C=N–C) groups is 1. The Kier molecular flexibility index (Phi) is 10.2. The van der Waals surface area contributed by atoms with Gasteiger partial charge in [0.25, 0.3) is 0 Å². The molecule has 1 aromatic carbocycles. The van der Waals surface area contributed by atoms with E-state index in [1.165, 1.54) is 7.11 Å². The zero-order valence-corrected chi connectivity index (χ0v) is 20.3. The Hall–Kier alpha value is -0.910. The summed E-state index contributed by atoms with van der Waals surface area (Å²) in [5.74, 6) is 0.884. The number of ether oxygens (including phenoxy) is 1. The zero-order chi connectivity index (χ0) is 19.9. The maximum absolute atomic E-state index is 12.4. The van der Waals surface area contributed by atoms with Crippen molar-refractivity contribution in [2.24, 2.45) is 10.4 Å². The molecule has 28 heavy (non-hydrogen) atoms. The summed E-state index contributed by atoms with van der Waals surface area (Å²) >= 11 is 0. The number of rotatable bonds is 8. The molecule has 0 aliphatic carbocycles. The third-order valence-corrected chi connectivity index (χ3v) is 5.99. The van der Waals surface area contributed by atoms with E-state index in [4.69, 9.17) is 9.73 Å². The molecule has 160 valence electrons. The number of halogens is 1. The Labute approximate surface area is 186 Å². The highest BCUT2D eigenvalue weighted by Crippen LogP contribution is 2.28. The number of methoxy groups -OCH3 is 1. The first-order valence-corrected chi connectivity index (χ1v) is 10.9. The highest BCUT2D eigenvalue weighted by molar-refractivity contribution is 14.0. The van der Waals surface area contributed by atoms with Gasteiger partial charge in [0, 0.05) is 33.3 Å². The van der Waals surface area contributed by atoms with E-state index in [-0.39, 0.29) is 40.8 Å². The first-order valence-electron chi connectivity index (χ1n) is 9.38. The van der Waals surface area contributed by atoms with Crippen LogP contribution in [-0.2, 0) is 21.3 Å². The molecule has 0 aromatic heterocycles. The van der Waals surface area contributed by atoms with Crippen LogP contribution in [-0.4, -0.2) is 59.2 Å². The summed E-state index contributed by atoms with van der Waals surface area (Å²) in [6.07, 6.45) is 1.14. The van der Waals surface area contributed by atoms with Crippen LogP contribution < -0.4 is 10.0 Å². The van der Waals surface area contributed by atoms with Gasteiger partial charge >= 0.3 is 0 Å². The molecule has 0 bridgehead atoms. The Morgan fingerprint density at radius 2 is 2.11 bits per heavy atom. The molecular formula is C19H33IN4O3S. The van der Waals surface area contributed by atoms with Crippen LogP contribution >= 0.6 is 24.0 Å². The van der Waals surface area contributed by atoms with Crippen LogP contribution in [0.3, 0.4) is 0 Å². The van der Waals surface area contributed by atoms with E-state index in [0.717, 1.165) is 37.6 Å². The van der Waals surface area contributed by atoms with Crippen molar-refractivity contribution in [3.8, 4) is 0 Å². The van der Waals surface area contributed by atoms with E-state index in [2.05, 4.69) is 35.7 Å². The van der Waals surface area contributed by atoms with E-state index in [1.807, 2.05) is 6.07 Å². The highest BCUT2D eigenvalue weighted by atomic mass is 127. The van der Waals surface area contributed by atoms with Crippen molar-refractivity contribution in [1.29, 1.82) is 0 Å². The summed E-state index contributed by atoms with van der Waals surface area (Å²) in [5.41, 5.74) is 1.15. The lowest BCUT2D eigenvalue weighted by atomic mass is 9.93. The number of hydrogen-bond donors (Lipinski definition) is 2. The average molecular weight is 524 g/mol.